The fraction of sp³-hybridized carbons (Fsp3) is 0.263. The van der Waals surface area contributed by atoms with Crippen LogP contribution in [0, 0.1) is 0 Å². The standard InChI is InChI=1S/C19H22N2O4/c1-3-14-5-9-16(10-6-14)20-18(22)24-13-25-19(23)21-17-11-7-15(4-2)8-12-17/h5-12H,3-4,13H2,1-2H3,(H,20,22)(H,21,23). The third-order valence-corrected chi connectivity index (χ3v) is 3.60. The van der Waals surface area contributed by atoms with E-state index in [1.165, 1.54) is 11.1 Å². The van der Waals surface area contributed by atoms with E-state index >= 15 is 0 Å². The molecule has 0 saturated heterocycles. The summed E-state index contributed by atoms with van der Waals surface area (Å²) in [5.41, 5.74) is 3.57. The molecule has 2 amide bonds. The van der Waals surface area contributed by atoms with E-state index in [0.29, 0.717) is 11.4 Å². The highest BCUT2D eigenvalue weighted by molar-refractivity contribution is 5.86. The maximum atomic E-state index is 11.6. The van der Waals surface area contributed by atoms with Crippen molar-refractivity contribution in [2.45, 2.75) is 26.7 Å². The van der Waals surface area contributed by atoms with E-state index < -0.39 is 19.0 Å². The lowest BCUT2D eigenvalue weighted by molar-refractivity contribution is 0.0369. The fourth-order valence-electron chi connectivity index (χ4n) is 2.09. The van der Waals surface area contributed by atoms with Crippen LogP contribution in [0.2, 0.25) is 0 Å². The van der Waals surface area contributed by atoms with Gasteiger partial charge < -0.3 is 9.47 Å². The van der Waals surface area contributed by atoms with E-state index in [9.17, 15) is 9.59 Å². The second-order valence-electron chi connectivity index (χ2n) is 5.33. The average Bonchev–Trinajstić information content (AvgIpc) is 2.63. The monoisotopic (exact) mass is 342 g/mol. The Labute approximate surface area is 147 Å². The zero-order valence-corrected chi connectivity index (χ0v) is 14.4. The Bertz CT molecular complexity index is 635. The molecule has 0 aliphatic heterocycles. The summed E-state index contributed by atoms with van der Waals surface area (Å²) in [5, 5.41) is 5.11. The predicted molar refractivity (Wildman–Crippen MR) is 96.7 cm³/mol. The summed E-state index contributed by atoms with van der Waals surface area (Å²) in [6, 6.07) is 14.8. The molecule has 0 unspecified atom stereocenters. The van der Waals surface area contributed by atoms with Crippen LogP contribution >= 0.6 is 0 Å². The molecule has 0 aliphatic carbocycles. The lowest BCUT2D eigenvalue weighted by atomic mass is 10.1. The van der Waals surface area contributed by atoms with E-state index in [4.69, 9.17) is 9.47 Å². The van der Waals surface area contributed by atoms with Crippen LogP contribution in [0.5, 0.6) is 0 Å². The smallest absolute Gasteiger partial charge is 0.411 e. The second kappa shape index (κ2) is 9.32. The number of aryl methyl sites for hydroxylation is 2. The highest BCUT2D eigenvalue weighted by atomic mass is 16.7. The molecule has 2 rings (SSSR count). The molecule has 2 aromatic carbocycles. The maximum Gasteiger partial charge on any atom is 0.414 e. The van der Waals surface area contributed by atoms with Crippen LogP contribution in [0.15, 0.2) is 48.5 Å². The summed E-state index contributed by atoms with van der Waals surface area (Å²) in [6.45, 7) is 3.63. The van der Waals surface area contributed by atoms with Crippen molar-refractivity contribution in [1.82, 2.24) is 0 Å². The molecule has 0 spiro atoms. The number of hydrogen-bond acceptors (Lipinski definition) is 4. The SMILES string of the molecule is CCc1ccc(NC(=O)OCOC(=O)Nc2ccc(CC)cc2)cc1. The minimum atomic E-state index is -0.690. The highest BCUT2D eigenvalue weighted by Crippen LogP contribution is 2.11. The van der Waals surface area contributed by atoms with Gasteiger partial charge in [0, 0.05) is 11.4 Å². The number of rotatable bonds is 6. The zero-order valence-electron chi connectivity index (χ0n) is 14.4. The van der Waals surface area contributed by atoms with Gasteiger partial charge in [0.2, 0.25) is 6.79 Å². The van der Waals surface area contributed by atoms with Gasteiger partial charge in [-0.2, -0.15) is 0 Å². The summed E-state index contributed by atoms with van der Waals surface area (Å²) in [7, 11) is 0. The van der Waals surface area contributed by atoms with Crippen LogP contribution in [0.4, 0.5) is 21.0 Å². The molecule has 0 aliphatic rings. The van der Waals surface area contributed by atoms with Crippen LogP contribution < -0.4 is 10.6 Å². The number of carbonyl (C=O) groups is 2. The van der Waals surface area contributed by atoms with Gasteiger partial charge in [0.25, 0.3) is 0 Å². The first kappa shape index (κ1) is 18.3. The number of amides is 2. The van der Waals surface area contributed by atoms with E-state index in [-0.39, 0.29) is 0 Å². The Morgan fingerprint density at radius 1 is 0.720 bits per heavy atom. The van der Waals surface area contributed by atoms with Crippen molar-refractivity contribution in [2.24, 2.45) is 0 Å². The van der Waals surface area contributed by atoms with Crippen molar-refractivity contribution in [1.29, 1.82) is 0 Å². The molecule has 132 valence electrons. The molecule has 0 atom stereocenters. The van der Waals surface area contributed by atoms with Gasteiger partial charge in [-0.1, -0.05) is 38.1 Å². The van der Waals surface area contributed by atoms with Gasteiger partial charge in [0.15, 0.2) is 0 Å². The Morgan fingerprint density at radius 2 is 1.08 bits per heavy atom. The van der Waals surface area contributed by atoms with Crippen molar-refractivity contribution in [3.8, 4) is 0 Å². The van der Waals surface area contributed by atoms with Gasteiger partial charge in [0.1, 0.15) is 0 Å². The molecule has 0 fully saturated rings. The van der Waals surface area contributed by atoms with Crippen LogP contribution in [-0.2, 0) is 22.3 Å². The average molecular weight is 342 g/mol. The molecule has 0 heterocycles. The van der Waals surface area contributed by atoms with Gasteiger partial charge in [0.05, 0.1) is 0 Å². The lowest BCUT2D eigenvalue weighted by Crippen LogP contribution is -2.20. The minimum Gasteiger partial charge on any atom is -0.411 e. The summed E-state index contributed by atoms with van der Waals surface area (Å²) in [4.78, 5) is 23.3. The Hall–Kier alpha value is -3.02. The van der Waals surface area contributed by atoms with E-state index in [2.05, 4.69) is 24.5 Å². The largest absolute Gasteiger partial charge is 0.414 e. The fourth-order valence-corrected chi connectivity index (χ4v) is 2.09. The molecule has 0 bridgehead atoms. The van der Waals surface area contributed by atoms with Gasteiger partial charge in [-0.25, -0.2) is 9.59 Å². The number of hydrogen-bond donors (Lipinski definition) is 2. The summed E-state index contributed by atoms with van der Waals surface area (Å²) in [5.74, 6) is 0. The topological polar surface area (TPSA) is 76.7 Å². The Kier molecular flexibility index (Phi) is 6.83. The van der Waals surface area contributed by atoms with Gasteiger partial charge in [-0.05, 0) is 48.2 Å². The van der Waals surface area contributed by atoms with Crippen LogP contribution in [0.3, 0.4) is 0 Å². The molecular weight excluding hydrogens is 320 g/mol. The van der Waals surface area contributed by atoms with Crippen molar-refractivity contribution in [2.75, 3.05) is 17.4 Å². The number of nitrogens with one attached hydrogen (secondary N) is 2. The number of ether oxygens (including phenoxy) is 2. The maximum absolute atomic E-state index is 11.6. The van der Waals surface area contributed by atoms with Crippen molar-refractivity contribution < 1.29 is 19.1 Å². The van der Waals surface area contributed by atoms with E-state index in [1.54, 1.807) is 24.3 Å². The highest BCUT2D eigenvalue weighted by Gasteiger charge is 2.07. The Morgan fingerprint density at radius 3 is 1.40 bits per heavy atom. The Balaban J connectivity index is 1.69. The first-order valence-electron chi connectivity index (χ1n) is 8.16. The normalized spacial score (nSPS) is 10.0. The first-order valence-corrected chi connectivity index (χ1v) is 8.16. The van der Waals surface area contributed by atoms with Crippen LogP contribution in [0.25, 0.3) is 0 Å². The minimum absolute atomic E-state index is 0.474. The van der Waals surface area contributed by atoms with E-state index in [1.807, 2.05) is 24.3 Å². The van der Waals surface area contributed by atoms with Crippen molar-refractivity contribution in [3.63, 3.8) is 0 Å². The van der Waals surface area contributed by atoms with Gasteiger partial charge in [-0.15, -0.1) is 0 Å². The van der Waals surface area contributed by atoms with Gasteiger partial charge in [-0.3, -0.25) is 10.6 Å². The third kappa shape index (κ3) is 6.18. The quantitative estimate of drug-likeness (QED) is 0.754. The second-order valence-corrected chi connectivity index (χ2v) is 5.33. The van der Waals surface area contributed by atoms with Crippen LogP contribution in [-0.4, -0.2) is 19.0 Å². The van der Waals surface area contributed by atoms with E-state index in [0.717, 1.165) is 12.8 Å². The summed E-state index contributed by atoms with van der Waals surface area (Å²) >= 11 is 0. The first-order chi connectivity index (χ1) is 12.1. The number of carbonyl (C=O) groups excluding carboxylic acids is 2. The van der Waals surface area contributed by atoms with Crippen molar-refractivity contribution in [3.05, 3.63) is 59.7 Å². The molecule has 25 heavy (non-hydrogen) atoms. The molecule has 6 heteroatoms. The number of anilines is 2. The molecule has 0 radical (unpaired) electrons. The molecule has 2 N–H and O–H groups in total. The molecule has 6 nitrogen and oxygen atoms in total. The van der Waals surface area contributed by atoms with Crippen LogP contribution in [0.1, 0.15) is 25.0 Å². The summed E-state index contributed by atoms with van der Waals surface area (Å²) in [6.07, 6.45) is 0.470. The number of benzene rings is 2. The lowest BCUT2D eigenvalue weighted by Gasteiger charge is -2.09. The summed E-state index contributed by atoms with van der Waals surface area (Å²) < 4.78 is 9.63. The van der Waals surface area contributed by atoms with Crippen molar-refractivity contribution >= 4 is 23.6 Å². The van der Waals surface area contributed by atoms with Gasteiger partial charge >= 0.3 is 12.2 Å². The molecular formula is C19H22N2O4. The molecule has 2 aromatic rings. The third-order valence-electron chi connectivity index (χ3n) is 3.60. The predicted octanol–water partition coefficient (Wildman–Crippen LogP) is 4.57. The zero-order chi connectivity index (χ0) is 18.1. The molecule has 0 saturated carbocycles. The molecule has 0 aromatic heterocycles.